The Bertz CT molecular complexity index is 1660. The summed E-state index contributed by atoms with van der Waals surface area (Å²) in [7, 11) is -16.2. The summed E-state index contributed by atoms with van der Waals surface area (Å²) in [5.41, 5.74) is -1.61. The molecule has 3 aliphatic rings. The molecule has 0 spiro atoms. The molecule has 12 N–H and O–H groups in total. The van der Waals surface area contributed by atoms with Gasteiger partial charge in [0.15, 0.2) is 6.29 Å². The minimum atomic E-state index is -5.66. The number of phosphoric acid groups is 3. The third-order valence-electron chi connectivity index (χ3n) is 7.96. The van der Waals surface area contributed by atoms with Gasteiger partial charge in [-0.05, 0) is 19.4 Å². The first-order valence-corrected chi connectivity index (χ1v) is 19.1. The number of rotatable bonds is 13. The SMILES string of the molecule is Cc1cn([C@H]2C[C@H](O)[C@@H](COP(=O)(O)OP(=O)(O)O[C@H]3O[C@H](C)[C@@H](N[C@H]4C=C(COP(=O)(O)O)[C@@H](O)[C@H](O)[C@H]4O)[C@H](O)[C@H]3O)O2)c(=O)[nH]c1=O. The van der Waals surface area contributed by atoms with Gasteiger partial charge in [0.25, 0.3) is 5.56 Å². The van der Waals surface area contributed by atoms with Crippen LogP contribution in [0.1, 0.15) is 25.1 Å². The molecule has 50 heavy (non-hydrogen) atoms. The van der Waals surface area contributed by atoms with Gasteiger partial charge in [0, 0.05) is 18.2 Å². The van der Waals surface area contributed by atoms with E-state index in [0.717, 1.165) is 10.6 Å². The predicted octanol–water partition coefficient (Wildman–Crippen LogP) is -4.33. The largest absolute Gasteiger partial charge is 0.483 e. The highest BCUT2D eigenvalue weighted by Gasteiger charge is 2.50. The smallest absolute Gasteiger partial charge is 0.390 e. The van der Waals surface area contributed by atoms with E-state index in [1.165, 1.54) is 20.0 Å². The number of hydrogen-bond donors (Lipinski definition) is 12. The summed E-state index contributed by atoms with van der Waals surface area (Å²) in [6.45, 7) is 0.907. The molecule has 2 unspecified atom stereocenters. The molecule has 0 aromatic carbocycles. The van der Waals surface area contributed by atoms with Gasteiger partial charge in [0.05, 0.1) is 37.5 Å². The fraction of sp³-hybridized carbons (Fsp3) is 0.739. The molecule has 27 heteroatoms. The van der Waals surface area contributed by atoms with Crippen LogP contribution in [0.25, 0.3) is 0 Å². The van der Waals surface area contributed by atoms with Crippen molar-refractivity contribution >= 4 is 23.5 Å². The number of H-pyrrole nitrogens is 1. The molecule has 0 radical (unpaired) electrons. The van der Waals surface area contributed by atoms with Gasteiger partial charge in [-0.15, -0.1) is 0 Å². The van der Waals surface area contributed by atoms with Crippen LogP contribution in [-0.4, -0.2) is 140 Å². The van der Waals surface area contributed by atoms with Gasteiger partial charge in [-0.1, -0.05) is 6.08 Å². The zero-order valence-corrected chi connectivity index (χ0v) is 28.6. The van der Waals surface area contributed by atoms with Crippen LogP contribution < -0.4 is 16.6 Å². The number of aromatic amines is 1. The van der Waals surface area contributed by atoms with Crippen molar-refractivity contribution in [2.24, 2.45) is 0 Å². The third kappa shape index (κ3) is 10.1. The monoisotopic (exact) mass is 785 g/mol. The number of aromatic nitrogens is 2. The van der Waals surface area contributed by atoms with Gasteiger partial charge in [-0.2, -0.15) is 4.31 Å². The van der Waals surface area contributed by atoms with E-state index in [9.17, 15) is 63.7 Å². The van der Waals surface area contributed by atoms with Crippen molar-refractivity contribution in [1.29, 1.82) is 0 Å². The standard InChI is InChI=1S/C23H38N3O21P3/c1-8-5-26(23(34)25-21(8)33)14-4-12(27)13(45-14)7-43-49(38,39)47-50(40,41)46-22-20(32)18(30)15(9(2)44-22)24-11-3-10(6-42-48(35,36)37)16(28)19(31)17(11)29/h3,5,9,11-20,22,24,27-32H,4,6-7H2,1-2H3,(H,38,39)(H,40,41)(H,25,33,34)(H2,35,36,37)/t9-,11+,12+,13-,14-,15-,16-,17+,18+,19+,20-,22-/m1/s1. The number of aliphatic hydroxyl groups excluding tert-OH is 6. The van der Waals surface area contributed by atoms with Crippen LogP contribution in [0.3, 0.4) is 0 Å². The van der Waals surface area contributed by atoms with Crippen LogP contribution in [0.5, 0.6) is 0 Å². The van der Waals surface area contributed by atoms with Crippen LogP contribution in [0.4, 0.5) is 0 Å². The number of hydrogen-bond acceptors (Lipinski definition) is 18. The summed E-state index contributed by atoms with van der Waals surface area (Å²) in [5, 5.41) is 65.1. The minimum absolute atomic E-state index is 0.151. The van der Waals surface area contributed by atoms with Crippen LogP contribution in [0, 0.1) is 6.92 Å². The van der Waals surface area contributed by atoms with Crippen LogP contribution in [0.15, 0.2) is 27.4 Å². The second-order valence-corrected chi connectivity index (χ2v) is 15.9. The molecule has 2 aliphatic heterocycles. The molecule has 1 aliphatic carbocycles. The van der Waals surface area contributed by atoms with E-state index in [-0.39, 0.29) is 17.6 Å². The summed E-state index contributed by atoms with van der Waals surface area (Å²) < 4.78 is 65.9. The highest BCUT2D eigenvalue weighted by molar-refractivity contribution is 7.61. The Kier molecular flexibility index (Phi) is 13.0. The van der Waals surface area contributed by atoms with E-state index in [2.05, 4.69) is 28.2 Å². The van der Waals surface area contributed by atoms with Crippen molar-refractivity contribution in [3.05, 3.63) is 44.2 Å². The number of nitrogens with one attached hydrogen (secondary N) is 2. The van der Waals surface area contributed by atoms with E-state index < -0.39 is 121 Å². The average molecular weight is 785 g/mol. The number of ether oxygens (including phenoxy) is 2. The number of aryl methyl sites for hydroxylation is 1. The number of nitrogens with zero attached hydrogens (tertiary/aromatic N) is 1. The van der Waals surface area contributed by atoms with Crippen LogP contribution in [0.2, 0.25) is 0 Å². The second-order valence-electron chi connectivity index (χ2n) is 11.7. The Balaban J connectivity index is 1.34. The van der Waals surface area contributed by atoms with E-state index in [1.54, 1.807) is 0 Å². The maximum Gasteiger partial charge on any atom is 0.483 e. The Morgan fingerprint density at radius 1 is 0.940 bits per heavy atom. The maximum atomic E-state index is 12.6. The second kappa shape index (κ2) is 15.8. The molecule has 24 nitrogen and oxygen atoms in total. The van der Waals surface area contributed by atoms with Crippen LogP contribution in [-0.2, 0) is 41.1 Å². The van der Waals surface area contributed by atoms with Gasteiger partial charge in [-0.25, -0.2) is 18.5 Å². The van der Waals surface area contributed by atoms with E-state index in [4.69, 9.17) is 19.3 Å². The third-order valence-corrected chi connectivity index (χ3v) is 11.0. The molecule has 4 rings (SSSR count). The molecular formula is C23H38N3O21P3. The lowest BCUT2D eigenvalue weighted by molar-refractivity contribution is -0.248. The lowest BCUT2D eigenvalue weighted by atomic mass is 9.86. The van der Waals surface area contributed by atoms with Gasteiger partial charge in [0.2, 0.25) is 0 Å². The van der Waals surface area contributed by atoms with Crippen molar-refractivity contribution in [2.45, 2.75) is 93.7 Å². The molecular weight excluding hydrogens is 747 g/mol. The summed E-state index contributed by atoms with van der Waals surface area (Å²) in [6.07, 6.45) is -14.8. The highest BCUT2D eigenvalue weighted by atomic mass is 31.3. The predicted molar refractivity (Wildman–Crippen MR) is 160 cm³/mol. The van der Waals surface area contributed by atoms with Crippen molar-refractivity contribution in [3.63, 3.8) is 0 Å². The molecule has 0 amide bonds. The first-order chi connectivity index (χ1) is 23.0. The first kappa shape index (κ1) is 41.2. The Morgan fingerprint density at radius 2 is 1.60 bits per heavy atom. The number of phosphoric ester groups is 3. The molecule has 2 saturated heterocycles. The molecule has 1 aromatic heterocycles. The minimum Gasteiger partial charge on any atom is -0.390 e. The lowest BCUT2D eigenvalue weighted by Gasteiger charge is -2.44. The first-order valence-electron chi connectivity index (χ1n) is 14.6. The summed E-state index contributed by atoms with van der Waals surface area (Å²) >= 11 is 0. The molecule has 2 fully saturated rings. The topological polar surface area (TPSA) is 376 Å². The quantitative estimate of drug-likeness (QED) is 0.0664. The van der Waals surface area contributed by atoms with Gasteiger partial charge < -0.3 is 65.0 Å². The van der Waals surface area contributed by atoms with Crippen molar-refractivity contribution in [1.82, 2.24) is 14.9 Å². The normalized spacial score (nSPS) is 37.6. The fourth-order valence-electron chi connectivity index (χ4n) is 5.36. The molecule has 3 heterocycles. The molecule has 14 atom stereocenters. The average Bonchev–Trinajstić information content (AvgIpc) is 3.36. The summed E-state index contributed by atoms with van der Waals surface area (Å²) in [6, 6.07) is -2.70. The van der Waals surface area contributed by atoms with Crippen molar-refractivity contribution in [3.8, 4) is 0 Å². The Morgan fingerprint density at radius 3 is 2.24 bits per heavy atom. The number of aliphatic hydroxyl groups is 6. The van der Waals surface area contributed by atoms with Gasteiger partial charge >= 0.3 is 29.2 Å². The van der Waals surface area contributed by atoms with E-state index in [0.29, 0.717) is 0 Å². The Labute approximate surface area is 280 Å². The zero-order valence-electron chi connectivity index (χ0n) is 26.0. The fourth-order valence-corrected chi connectivity index (χ4v) is 7.84. The zero-order chi connectivity index (χ0) is 37.5. The van der Waals surface area contributed by atoms with Gasteiger partial charge in [-0.3, -0.25) is 27.9 Å². The Hall–Kier alpha value is -1.57. The van der Waals surface area contributed by atoms with Crippen molar-refractivity contribution in [2.75, 3.05) is 13.2 Å². The van der Waals surface area contributed by atoms with Crippen molar-refractivity contribution < 1.29 is 91.3 Å². The molecule has 0 saturated carbocycles. The maximum absolute atomic E-state index is 12.6. The molecule has 1 aromatic rings. The van der Waals surface area contributed by atoms with E-state index >= 15 is 0 Å². The lowest BCUT2D eigenvalue weighted by Crippen LogP contribution is -2.66. The summed E-state index contributed by atoms with van der Waals surface area (Å²) in [5.74, 6) is 0. The molecule has 0 bridgehead atoms. The van der Waals surface area contributed by atoms with Crippen LogP contribution >= 0.6 is 23.5 Å². The summed E-state index contributed by atoms with van der Waals surface area (Å²) in [4.78, 5) is 63.9. The molecule has 286 valence electrons. The van der Waals surface area contributed by atoms with Gasteiger partial charge in [0.1, 0.15) is 42.9 Å². The highest BCUT2D eigenvalue weighted by Crippen LogP contribution is 2.61. The van der Waals surface area contributed by atoms with E-state index in [1.807, 2.05) is 0 Å².